The van der Waals surface area contributed by atoms with Crippen LogP contribution in [0.2, 0.25) is 0 Å². The molecule has 6 heteroatoms. The van der Waals surface area contributed by atoms with Gasteiger partial charge in [0.1, 0.15) is 0 Å². The average molecular weight is 270 g/mol. The second kappa shape index (κ2) is 7.79. The second-order valence-electron chi connectivity index (χ2n) is 5.22. The molecule has 110 valence electrons. The van der Waals surface area contributed by atoms with Crippen LogP contribution in [0.1, 0.15) is 6.92 Å². The largest absolute Gasteiger partial charge is 0.374 e. The van der Waals surface area contributed by atoms with Crippen molar-refractivity contribution in [2.45, 2.75) is 13.0 Å². The van der Waals surface area contributed by atoms with E-state index in [1.165, 1.54) is 0 Å². The van der Waals surface area contributed by atoms with E-state index in [0.717, 1.165) is 52.4 Å². The van der Waals surface area contributed by atoms with E-state index in [4.69, 9.17) is 4.74 Å². The molecule has 6 nitrogen and oxygen atoms in total. The Morgan fingerprint density at radius 2 is 2.11 bits per heavy atom. The topological polar surface area (TPSA) is 56.8 Å². The van der Waals surface area contributed by atoms with Crippen molar-refractivity contribution in [1.29, 1.82) is 0 Å². The molecule has 2 rings (SSSR count). The van der Waals surface area contributed by atoms with Gasteiger partial charge in [0.25, 0.3) is 0 Å². The van der Waals surface area contributed by atoms with E-state index >= 15 is 0 Å². The Hall–Kier alpha value is -0.690. The molecule has 2 aliphatic rings. The molecule has 1 amide bonds. The number of nitrogens with zero attached hydrogens (tertiary/aromatic N) is 2. The molecule has 0 aromatic heterocycles. The first-order valence-electron chi connectivity index (χ1n) is 7.31. The van der Waals surface area contributed by atoms with Gasteiger partial charge in [-0.15, -0.1) is 0 Å². The molecule has 1 atom stereocenters. The maximum atomic E-state index is 11.9. The Morgan fingerprint density at radius 3 is 2.84 bits per heavy atom. The third-order valence-electron chi connectivity index (χ3n) is 3.77. The summed E-state index contributed by atoms with van der Waals surface area (Å²) in [6, 6.07) is 0. The number of carbonyl (C=O) groups is 1. The summed E-state index contributed by atoms with van der Waals surface area (Å²) in [7, 11) is 0. The van der Waals surface area contributed by atoms with Crippen LogP contribution in [0.4, 0.5) is 0 Å². The molecule has 1 unspecified atom stereocenters. The Bertz CT molecular complexity index is 282. The first-order chi connectivity index (χ1) is 9.28. The minimum Gasteiger partial charge on any atom is -0.374 e. The van der Waals surface area contributed by atoms with E-state index < -0.39 is 0 Å². The van der Waals surface area contributed by atoms with Crippen LogP contribution < -0.4 is 10.6 Å². The monoisotopic (exact) mass is 270 g/mol. The molecule has 2 saturated heterocycles. The molecule has 2 heterocycles. The number of amides is 1. The summed E-state index contributed by atoms with van der Waals surface area (Å²) in [4.78, 5) is 16.4. The summed E-state index contributed by atoms with van der Waals surface area (Å²) in [5.74, 6) is 0.110. The van der Waals surface area contributed by atoms with Crippen LogP contribution in [0.15, 0.2) is 0 Å². The number of hydrogen-bond acceptors (Lipinski definition) is 5. The molecular weight excluding hydrogens is 244 g/mol. The van der Waals surface area contributed by atoms with Crippen molar-refractivity contribution in [2.24, 2.45) is 0 Å². The predicted octanol–water partition coefficient (Wildman–Crippen LogP) is -1.27. The summed E-state index contributed by atoms with van der Waals surface area (Å²) in [6.07, 6.45) is 0.140. The van der Waals surface area contributed by atoms with Crippen LogP contribution >= 0.6 is 0 Å². The van der Waals surface area contributed by atoms with Crippen LogP contribution in [0.3, 0.4) is 0 Å². The van der Waals surface area contributed by atoms with E-state index in [0.29, 0.717) is 13.1 Å². The maximum absolute atomic E-state index is 11.9. The second-order valence-corrected chi connectivity index (χ2v) is 5.22. The van der Waals surface area contributed by atoms with Gasteiger partial charge in [-0.05, 0) is 6.54 Å². The highest BCUT2D eigenvalue weighted by Crippen LogP contribution is 2.03. The first-order valence-corrected chi connectivity index (χ1v) is 7.31. The lowest BCUT2D eigenvalue weighted by atomic mass is 10.2. The summed E-state index contributed by atoms with van der Waals surface area (Å²) in [5.41, 5.74) is 0. The van der Waals surface area contributed by atoms with Crippen molar-refractivity contribution in [3.05, 3.63) is 0 Å². The molecule has 2 fully saturated rings. The lowest BCUT2D eigenvalue weighted by Gasteiger charge is -2.32. The van der Waals surface area contributed by atoms with Crippen LogP contribution in [-0.4, -0.2) is 87.3 Å². The zero-order valence-corrected chi connectivity index (χ0v) is 11.9. The number of morpholine rings is 1. The predicted molar refractivity (Wildman–Crippen MR) is 74.2 cm³/mol. The SMILES string of the molecule is CCN1CCOC(CNC(=O)CN2CCNCC2)C1. The fraction of sp³-hybridized carbons (Fsp3) is 0.923. The first kappa shape index (κ1) is 14.7. The molecule has 19 heavy (non-hydrogen) atoms. The van der Waals surface area contributed by atoms with Gasteiger partial charge in [0, 0.05) is 45.8 Å². The van der Waals surface area contributed by atoms with E-state index in [2.05, 4.69) is 27.4 Å². The molecule has 0 spiro atoms. The standard InChI is InChI=1S/C13H26N4O2/c1-2-16-7-8-19-12(10-16)9-15-13(18)11-17-5-3-14-4-6-17/h12,14H,2-11H2,1H3,(H,15,18). The molecule has 2 aliphatic heterocycles. The highest BCUT2D eigenvalue weighted by molar-refractivity contribution is 5.78. The number of likely N-dealkylation sites (N-methyl/N-ethyl adjacent to an activating group) is 1. The molecule has 0 bridgehead atoms. The quantitative estimate of drug-likeness (QED) is 0.652. The normalized spacial score (nSPS) is 26.3. The Morgan fingerprint density at radius 1 is 1.32 bits per heavy atom. The van der Waals surface area contributed by atoms with E-state index in [1.54, 1.807) is 0 Å². The Kier molecular flexibility index (Phi) is 6.03. The third kappa shape index (κ3) is 5.06. The summed E-state index contributed by atoms with van der Waals surface area (Å²) in [6.45, 7) is 10.9. The lowest BCUT2D eigenvalue weighted by molar-refractivity contribution is -0.123. The molecular formula is C13H26N4O2. The fourth-order valence-corrected chi connectivity index (χ4v) is 2.55. The Balaban J connectivity index is 1.62. The Labute approximate surface area is 115 Å². The minimum atomic E-state index is 0.110. The zero-order chi connectivity index (χ0) is 13.5. The number of nitrogens with one attached hydrogen (secondary N) is 2. The van der Waals surface area contributed by atoms with Crippen molar-refractivity contribution in [3.8, 4) is 0 Å². The van der Waals surface area contributed by atoms with Gasteiger partial charge in [0.05, 0.1) is 19.3 Å². The lowest BCUT2D eigenvalue weighted by Crippen LogP contribution is -2.50. The van der Waals surface area contributed by atoms with Gasteiger partial charge in [-0.2, -0.15) is 0 Å². The molecule has 0 radical (unpaired) electrons. The third-order valence-corrected chi connectivity index (χ3v) is 3.77. The molecule has 0 aromatic rings. The molecule has 2 N–H and O–H groups in total. The van der Waals surface area contributed by atoms with Crippen LogP contribution in [0.5, 0.6) is 0 Å². The molecule has 0 aromatic carbocycles. The van der Waals surface area contributed by atoms with Gasteiger partial charge in [-0.25, -0.2) is 0 Å². The van der Waals surface area contributed by atoms with Gasteiger partial charge < -0.3 is 15.4 Å². The highest BCUT2D eigenvalue weighted by Gasteiger charge is 2.20. The van der Waals surface area contributed by atoms with Gasteiger partial charge in [-0.1, -0.05) is 6.92 Å². The fourth-order valence-electron chi connectivity index (χ4n) is 2.55. The number of hydrogen-bond donors (Lipinski definition) is 2. The number of piperazine rings is 1. The molecule has 0 saturated carbocycles. The van der Waals surface area contributed by atoms with Gasteiger partial charge in [0.15, 0.2) is 0 Å². The number of carbonyl (C=O) groups excluding carboxylic acids is 1. The smallest absolute Gasteiger partial charge is 0.234 e. The maximum Gasteiger partial charge on any atom is 0.234 e. The number of rotatable bonds is 5. The van der Waals surface area contributed by atoms with Crippen molar-refractivity contribution in [2.75, 3.05) is 65.5 Å². The van der Waals surface area contributed by atoms with Crippen molar-refractivity contribution >= 4 is 5.91 Å². The summed E-state index contributed by atoms with van der Waals surface area (Å²) < 4.78 is 5.67. The summed E-state index contributed by atoms with van der Waals surface area (Å²) >= 11 is 0. The van der Waals surface area contributed by atoms with Crippen LogP contribution in [0, 0.1) is 0 Å². The average Bonchev–Trinajstić information content (AvgIpc) is 2.46. The van der Waals surface area contributed by atoms with Gasteiger partial charge in [0.2, 0.25) is 5.91 Å². The van der Waals surface area contributed by atoms with E-state index in [9.17, 15) is 4.79 Å². The van der Waals surface area contributed by atoms with Crippen LogP contribution in [0.25, 0.3) is 0 Å². The number of ether oxygens (including phenoxy) is 1. The van der Waals surface area contributed by atoms with E-state index in [1.807, 2.05) is 0 Å². The minimum absolute atomic E-state index is 0.110. The molecule has 0 aliphatic carbocycles. The van der Waals surface area contributed by atoms with Crippen molar-refractivity contribution < 1.29 is 9.53 Å². The van der Waals surface area contributed by atoms with Gasteiger partial charge in [-0.3, -0.25) is 14.6 Å². The van der Waals surface area contributed by atoms with E-state index in [-0.39, 0.29) is 12.0 Å². The van der Waals surface area contributed by atoms with Crippen molar-refractivity contribution in [1.82, 2.24) is 20.4 Å². The zero-order valence-electron chi connectivity index (χ0n) is 11.9. The summed E-state index contributed by atoms with van der Waals surface area (Å²) in [5, 5.41) is 6.28. The highest BCUT2D eigenvalue weighted by atomic mass is 16.5. The van der Waals surface area contributed by atoms with Crippen molar-refractivity contribution in [3.63, 3.8) is 0 Å². The van der Waals surface area contributed by atoms with Gasteiger partial charge >= 0.3 is 0 Å². The van der Waals surface area contributed by atoms with Crippen LogP contribution in [-0.2, 0) is 9.53 Å².